The van der Waals surface area contributed by atoms with Gasteiger partial charge in [-0.2, -0.15) is 0 Å². The molecular formula is C26H28FN3O4S. The fourth-order valence-corrected chi connectivity index (χ4v) is 6.18. The van der Waals surface area contributed by atoms with Gasteiger partial charge < -0.3 is 10.2 Å². The maximum Gasteiger partial charge on any atom is 0.265 e. The minimum Gasteiger partial charge on any atom is -0.355 e. The van der Waals surface area contributed by atoms with Crippen LogP contribution in [0.2, 0.25) is 0 Å². The molecule has 0 saturated carbocycles. The van der Waals surface area contributed by atoms with Gasteiger partial charge in [-0.1, -0.05) is 42.5 Å². The Bertz CT molecular complexity index is 1370. The maximum atomic E-state index is 14.3. The highest BCUT2D eigenvalue weighted by atomic mass is 32.2. The Morgan fingerprint density at radius 2 is 1.77 bits per heavy atom. The van der Waals surface area contributed by atoms with Crippen molar-refractivity contribution < 1.29 is 22.4 Å². The maximum absolute atomic E-state index is 14.3. The number of amides is 2. The summed E-state index contributed by atoms with van der Waals surface area (Å²) in [7, 11) is -3.71. The first-order chi connectivity index (χ1) is 16.8. The van der Waals surface area contributed by atoms with Crippen LogP contribution < -0.4 is 9.62 Å². The van der Waals surface area contributed by atoms with Crippen LogP contribution in [0.4, 0.5) is 10.1 Å². The highest BCUT2D eigenvalue weighted by Gasteiger charge is 2.35. The molecule has 7 nitrogen and oxygen atoms in total. The molecule has 4 rings (SSSR count). The Kier molecular flexibility index (Phi) is 7.07. The van der Waals surface area contributed by atoms with E-state index < -0.39 is 21.9 Å². The van der Waals surface area contributed by atoms with Crippen molar-refractivity contribution in [2.75, 3.05) is 17.4 Å². The lowest BCUT2D eigenvalue weighted by molar-refractivity contribution is -0.140. The summed E-state index contributed by atoms with van der Waals surface area (Å²) < 4.78 is 42.0. The van der Waals surface area contributed by atoms with Crippen LogP contribution in [0.15, 0.2) is 65.6 Å². The van der Waals surface area contributed by atoms with E-state index in [2.05, 4.69) is 5.32 Å². The zero-order valence-electron chi connectivity index (χ0n) is 19.7. The van der Waals surface area contributed by atoms with Crippen molar-refractivity contribution in [3.05, 3.63) is 72.0 Å². The summed E-state index contributed by atoms with van der Waals surface area (Å²) in [4.78, 5) is 27.3. The van der Waals surface area contributed by atoms with Gasteiger partial charge in [0.15, 0.2) is 0 Å². The first-order valence-electron chi connectivity index (χ1n) is 11.6. The van der Waals surface area contributed by atoms with Crippen LogP contribution in [0, 0.1) is 5.82 Å². The number of nitrogens with one attached hydrogen (secondary N) is 1. The van der Waals surface area contributed by atoms with E-state index in [0.717, 1.165) is 5.39 Å². The molecule has 1 atom stereocenters. The first-order valence-corrected chi connectivity index (χ1v) is 13.0. The van der Waals surface area contributed by atoms with Gasteiger partial charge in [0.05, 0.1) is 10.6 Å². The smallest absolute Gasteiger partial charge is 0.265 e. The van der Waals surface area contributed by atoms with Crippen molar-refractivity contribution in [2.45, 2.75) is 44.2 Å². The first kappa shape index (κ1) is 24.7. The number of benzene rings is 3. The Labute approximate surface area is 204 Å². The highest BCUT2D eigenvalue weighted by Crippen LogP contribution is 2.42. The topological polar surface area (TPSA) is 86.8 Å². The number of rotatable bonds is 9. The normalized spacial score (nSPS) is 14.7. The molecule has 0 saturated heterocycles. The van der Waals surface area contributed by atoms with Gasteiger partial charge >= 0.3 is 0 Å². The predicted molar refractivity (Wildman–Crippen MR) is 133 cm³/mol. The Morgan fingerprint density at radius 1 is 1.06 bits per heavy atom. The van der Waals surface area contributed by atoms with E-state index in [9.17, 15) is 22.4 Å². The van der Waals surface area contributed by atoms with E-state index in [4.69, 9.17) is 0 Å². The van der Waals surface area contributed by atoms with Gasteiger partial charge in [0, 0.05) is 37.0 Å². The van der Waals surface area contributed by atoms with Gasteiger partial charge in [0.2, 0.25) is 11.8 Å². The second kappa shape index (κ2) is 10.0. The molecule has 0 aromatic heterocycles. The molecule has 0 aliphatic carbocycles. The third-order valence-corrected chi connectivity index (χ3v) is 8.11. The van der Waals surface area contributed by atoms with Gasteiger partial charge in [-0.25, -0.2) is 12.8 Å². The van der Waals surface area contributed by atoms with Crippen molar-refractivity contribution in [1.29, 1.82) is 0 Å². The molecule has 0 bridgehead atoms. The van der Waals surface area contributed by atoms with Crippen molar-refractivity contribution >= 4 is 38.3 Å². The van der Waals surface area contributed by atoms with Crippen molar-refractivity contribution in [3.8, 4) is 0 Å². The summed E-state index contributed by atoms with van der Waals surface area (Å²) in [5.74, 6) is -1.14. The van der Waals surface area contributed by atoms with Gasteiger partial charge in [-0.15, -0.1) is 0 Å². The Hall–Kier alpha value is -3.46. The van der Waals surface area contributed by atoms with Gasteiger partial charge in [-0.3, -0.25) is 13.9 Å². The molecule has 35 heavy (non-hydrogen) atoms. The predicted octanol–water partition coefficient (Wildman–Crippen LogP) is 3.82. The standard InChI is InChI=1S/C26H28FN3O4S/c1-3-28-26(32)18(2)29(17-20-9-4-5-12-21(20)27)24(31)15-8-16-30-22-13-6-10-19-11-7-14-23(25(19)22)35(30,33)34/h4-7,9-14,18H,3,8,15-17H2,1-2H3,(H,28,32). The molecule has 0 fully saturated rings. The van der Waals surface area contributed by atoms with E-state index in [-0.39, 0.29) is 42.6 Å². The molecular weight excluding hydrogens is 469 g/mol. The van der Waals surface area contributed by atoms with Crippen LogP contribution in [0.25, 0.3) is 10.8 Å². The van der Waals surface area contributed by atoms with Crippen molar-refractivity contribution in [1.82, 2.24) is 10.2 Å². The number of nitrogens with zero attached hydrogens (tertiary/aromatic N) is 2. The summed E-state index contributed by atoms with van der Waals surface area (Å²) in [5.41, 5.74) is 0.908. The lowest BCUT2D eigenvalue weighted by Gasteiger charge is -2.29. The lowest BCUT2D eigenvalue weighted by atomic mass is 10.1. The molecule has 1 N–H and O–H groups in total. The second-order valence-electron chi connectivity index (χ2n) is 8.50. The summed E-state index contributed by atoms with van der Waals surface area (Å²) in [6.07, 6.45) is 0.259. The van der Waals surface area contributed by atoms with Crippen molar-refractivity contribution in [3.63, 3.8) is 0 Å². The van der Waals surface area contributed by atoms with Crippen LogP contribution >= 0.6 is 0 Å². The SMILES string of the molecule is CCNC(=O)C(C)N(Cc1ccccc1F)C(=O)CCCN1c2cccc3cccc(c23)S1(=O)=O. The average Bonchev–Trinajstić information content (AvgIpc) is 3.06. The molecule has 1 unspecified atom stereocenters. The summed E-state index contributed by atoms with van der Waals surface area (Å²) in [5, 5.41) is 4.23. The van der Waals surface area contributed by atoms with Gasteiger partial charge in [0.25, 0.3) is 10.0 Å². The third-order valence-electron chi connectivity index (χ3n) is 6.25. The minimum absolute atomic E-state index is 0.0105. The van der Waals surface area contributed by atoms with E-state index in [0.29, 0.717) is 23.2 Å². The zero-order valence-corrected chi connectivity index (χ0v) is 20.5. The number of carbonyl (C=O) groups is 2. The van der Waals surface area contributed by atoms with E-state index in [1.54, 1.807) is 50.2 Å². The van der Waals surface area contributed by atoms with Crippen LogP contribution in [-0.2, 0) is 26.2 Å². The molecule has 3 aromatic rings. The lowest BCUT2D eigenvalue weighted by Crippen LogP contribution is -2.47. The zero-order chi connectivity index (χ0) is 25.2. The number of anilines is 1. The van der Waals surface area contributed by atoms with Crippen LogP contribution in [0.5, 0.6) is 0 Å². The average molecular weight is 498 g/mol. The molecule has 184 valence electrons. The molecule has 0 radical (unpaired) electrons. The number of halogens is 1. The molecule has 3 aromatic carbocycles. The Morgan fingerprint density at radius 3 is 2.49 bits per heavy atom. The minimum atomic E-state index is -3.71. The highest BCUT2D eigenvalue weighted by molar-refractivity contribution is 7.93. The molecule has 0 spiro atoms. The Balaban J connectivity index is 1.50. The van der Waals surface area contributed by atoms with E-state index in [1.807, 2.05) is 18.2 Å². The second-order valence-corrected chi connectivity index (χ2v) is 10.3. The monoisotopic (exact) mass is 497 g/mol. The van der Waals surface area contributed by atoms with Gasteiger partial charge in [-0.05, 0) is 43.9 Å². The molecule has 1 aliphatic rings. The number of hydrogen-bond donors (Lipinski definition) is 1. The summed E-state index contributed by atoms with van der Waals surface area (Å²) in [6, 6.07) is 15.9. The summed E-state index contributed by atoms with van der Waals surface area (Å²) in [6.45, 7) is 3.85. The van der Waals surface area contributed by atoms with E-state index >= 15 is 0 Å². The van der Waals surface area contributed by atoms with Gasteiger partial charge in [0.1, 0.15) is 11.9 Å². The number of likely N-dealkylation sites (N-methyl/N-ethyl adjacent to an activating group) is 1. The molecule has 1 aliphatic heterocycles. The largest absolute Gasteiger partial charge is 0.355 e. The van der Waals surface area contributed by atoms with E-state index in [1.165, 1.54) is 15.3 Å². The number of carbonyl (C=O) groups excluding carboxylic acids is 2. The van der Waals surface area contributed by atoms with Crippen LogP contribution in [-0.4, -0.2) is 44.3 Å². The van der Waals surface area contributed by atoms with Crippen LogP contribution in [0.3, 0.4) is 0 Å². The summed E-state index contributed by atoms with van der Waals surface area (Å²) >= 11 is 0. The molecule has 2 amide bonds. The third kappa shape index (κ3) is 4.73. The number of hydrogen-bond acceptors (Lipinski definition) is 4. The number of sulfonamides is 1. The van der Waals surface area contributed by atoms with Crippen LogP contribution in [0.1, 0.15) is 32.3 Å². The fraction of sp³-hybridized carbons (Fsp3) is 0.308. The molecule has 9 heteroatoms. The fourth-order valence-electron chi connectivity index (χ4n) is 4.43. The van der Waals surface area contributed by atoms with Crippen molar-refractivity contribution in [2.24, 2.45) is 0 Å². The molecule has 1 heterocycles. The quantitative estimate of drug-likeness (QED) is 0.487.